The number of halogens is 2. The van der Waals surface area contributed by atoms with Crippen molar-refractivity contribution in [3.63, 3.8) is 0 Å². The quantitative estimate of drug-likeness (QED) is 0.784. The van der Waals surface area contributed by atoms with E-state index in [9.17, 15) is 18.4 Å². The monoisotopic (exact) mass is 389 g/mol. The second kappa shape index (κ2) is 7.00. The minimum absolute atomic E-state index is 0.153. The van der Waals surface area contributed by atoms with Gasteiger partial charge in [-0.2, -0.15) is 5.10 Å². The Bertz CT molecular complexity index is 996. The molecule has 0 unspecified atom stereocenters. The van der Waals surface area contributed by atoms with E-state index >= 15 is 0 Å². The highest BCUT2D eigenvalue weighted by atomic mass is 19.3. The van der Waals surface area contributed by atoms with Crippen LogP contribution in [0.1, 0.15) is 56.3 Å². The van der Waals surface area contributed by atoms with Crippen LogP contribution in [0.3, 0.4) is 0 Å². The minimum atomic E-state index is -2.64. The third kappa shape index (κ3) is 3.28. The Kier molecular flexibility index (Phi) is 4.65. The van der Waals surface area contributed by atoms with Crippen molar-refractivity contribution in [2.75, 3.05) is 6.54 Å². The van der Waals surface area contributed by atoms with Gasteiger partial charge in [0.05, 0.1) is 18.8 Å². The van der Waals surface area contributed by atoms with Gasteiger partial charge in [-0.3, -0.25) is 9.59 Å². The van der Waals surface area contributed by atoms with Crippen LogP contribution in [0.15, 0.2) is 11.0 Å². The van der Waals surface area contributed by atoms with Crippen LogP contribution in [0.5, 0.6) is 0 Å². The van der Waals surface area contributed by atoms with Gasteiger partial charge in [-0.1, -0.05) is 5.92 Å². The van der Waals surface area contributed by atoms with Gasteiger partial charge in [0.15, 0.2) is 5.65 Å². The number of aromatic amines is 1. The number of hydrogen-bond donors (Lipinski definition) is 2. The van der Waals surface area contributed by atoms with Crippen molar-refractivity contribution in [2.24, 2.45) is 5.92 Å². The lowest BCUT2D eigenvalue weighted by Crippen LogP contribution is -2.40. The molecular formula is C19H21F2N5O2. The van der Waals surface area contributed by atoms with Crippen molar-refractivity contribution in [3.8, 4) is 12.3 Å². The van der Waals surface area contributed by atoms with Gasteiger partial charge in [0.2, 0.25) is 11.8 Å². The molecule has 2 heterocycles. The first-order chi connectivity index (χ1) is 13.4. The normalized spacial score (nSPS) is 24.5. The van der Waals surface area contributed by atoms with E-state index in [2.05, 4.69) is 26.3 Å². The van der Waals surface area contributed by atoms with Crippen LogP contribution < -0.4 is 10.9 Å². The highest BCUT2D eigenvalue weighted by Gasteiger charge is 2.40. The molecule has 0 saturated heterocycles. The molecule has 2 atom stereocenters. The van der Waals surface area contributed by atoms with E-state index < -0.39 is 5.92 Å². The van der Waals surface area contributed by atoms with E-state index in [1.54, 1.807) is 4.68 Å². The lowest BCUT2D eigenvalue weighted by molar-refractivity contribution is -0.128. The Hall–Kier alpha value is -2.76. The first-order valence-electron chi connectivity index (χ1n) is 9.46. The molecule has 2 aliphatic carbocycles. The molecule has 2 N–H and O–H groups in total. The van der Waals surface area contributed by atoms with Gasteiger partial charge in [-0.05, 0) is 25.7 Å². The third-order valence-electron chi connectivity index (χ3n) is 5.84. The number of aromatic nitrogens is 4. The van der Waals surface area contributed by atoms with Crippen LogP contribution in [0.2, 0.25) is 0 Å². The summed E-state index contributed by atoms with van der Waals surface area (Å²) in [6.07, 6.45) is 8.20. The molecule has 0 aliphatic heterocycles. The Morgan fingerprint density at radius 2 is 2.11 bits per heavy atom. The van der Waals surface area contributed by atoms with Crippen LogP contribution >= 0.6 is 0 Å². The average Bonchev–Trinajstić information content (AvgIpc) is 3.03. The number of amides is 1. The van der Waals surface area contributed by atoms with Crippen molar-refractivity contribution in [2.45, 2.75) is 56.4 Å². The third-order valence-corrected chi connectivity index (χ3v) is 5.84. The zero-order chi connectivity index (χ0) is 19.9. The predicted molar refractivity (Wildman–Crippen MR) is 97.9 cm³/mol. The number of alkyl halides is 2. The number of carbonyl (C=O) groups excluding carboxylic acids is 1. The summed E-state index contributed by atoms with van der Waals surface area (Å²) in [5.74, 6) is -0.481. The van der Waals surface area contributed by atoms with Gasteiger partial charge in [-0.25, -0.2) is 18.4 Å². The van der Waals surface area contributed by atoms with E-state index in [1.807, 2.05) is 0 Å². The second-order valence-electron chi connectivity index (χ2n) is 7.58. The molecule has 2 aromatic rings. The molecular weight excluding hydrogens is 368 g/mol. The number of rotatable bonds is 4. The maximum absolute atomic E-state index is 13.5. The van der Waals surface area contributed by atoms with E-state index in [0.29, 0.717) is 23.3 Å². The van der Waals surface area contributed by atoms with Gasteiger partial charge in [-0.15, -0.1) is 6.42 Å². The van der Waals surface area contributed by atoms with Crippen molar-refractivity contribution in [1.29, 1.82) is 0 Å². The molecule has 0 aromatic carbocycles. The summed E-state index contributed by atoms with van der Waals surface area (Å²) in [6, 6.07) is -0.213. The summed E-state index contributed by atoms with van der Waals surface area (Å²) >= 11 is 0. The molecule has 1 amide bonds. The summed E-state index contributed by atoms with van der Waals surface area (Å²) in [5, 5.41) is 7.25. The van der Waals surface area contributed by atoms with E-state index in [0.717, 1.165) is 6.42 Å². The van der Waals surface area contributed by atoms with Crippen molar-refractivity contribution < 1.29 is 13.6 Å². The summed E-state index contributed by atoms with van der Waals surface area (Å²) < 4.78 is 28.5. The fraction of sp³-hybridized carbons (Fsp3) is 0.579. The number of terminal acetylenes is 1. The molecule has 0 spiro atoms. The first-order valence-corrected chi connectivity index (χ1v) is 9.46. The Morgan fingerprint density at radius 3 is 2.75 bits per heavy atom. The molecule has 2 aliphatic rings. The molecule has 28 heavy (non-hydrogen) atoms. The summed E-state index contributed by atoms with van der Waals surface area (Å²) in [6.45, 7) is 0.157. The van der Waals surface area contributed by atoms with E-state index in [1.165, 1.54) is 6.20 Å². The smallest absolute Gasteiger partial charge is 0.262 e. The maximum atomic E-state index is 13.5. The largest absolute Gasteiger partial charge is 0.345 e. The molecule has 148 valence electrons. The van der Waals surface area contributed by atoms with E-state index in [-0.39, 0.29) is 61.6 Å². The second-order valence-corrected chi connectivity index (χ2v) is 7.58. The Balaban J connectivity index is 1.62. The molecule has 2 fully saturated rings. The number of fused-ring (bicyclic) bond motifs is 1. The molecule has 4 rings (SSSR count). The number of hydrogen-bond acceptors (Lipinski definition) is 4. The summed E-state index contributed by atoms with van der Waals surface area (Å²) in [7, 11) is 0. The molecule has 2 aromatic heterocycles. The van der Waals surface area contributed by atoms with Gasteiger partial charge < -0.3 is 10.3 Å². The first kappa shape index (κ1) is 18.6. The van der Waals surface area contributed by atoms with Crippen LogP contribution in [0.25, 0.3) is 11.0 Å². The fourth-order valence-electron chi connectivity index (χ4n) is 4.08. The molecule has 7 nitrogen and oxygen atoms in total. The standard InChI is InChI=1S/C19H21F2N5O2/c1-2-9-22-17(27)13-4-3-12(13)15-24-16-14(18(28)25-15)10-23-26(16)11-5-7-19(20,21)8-6-11/h1,10-13H,3-9H2,(H,22,27)(H,24,25,28)/t12-,13-/m0/s1. The zero-order valence-corrected chi connectivity index (χ0v) is 15.3. The minimum Gasteiger partial charge on any atom is -0.345 e. The topological polar surface area (TPSA) is 92.7 Å². The fourth-order valence-corrected chi connectivity index (χ4v) is 4.08. The number of carbonyl (C=O) groups is 1. The summed E-state index contributed by atoms with van der Waals surface area (Å²) in [5.41, 5.74) is 0.0609. The highest BCUT2D eigenvalue weighted by molar-refractivity contribution is 5.81. The predicted octanol–water partition coefficient (Wildman–Crippen LogP) is 2.11. The SMILES string of the molecule is C#CCNC(=O)[C@H]1CC[C@@H]1c1nc2c(cnn2C2CCC(F)(F)CC2)c(=O)[nH]1. The van der Waals surface area contributed by atoms with Gasteiger partial charge in [0.25, 0.3) is 5.56 Å². The van der Waals surface area contributed by atoms with Crippen molar-refractivity contribution in [1.82, 2.24) is 25.1 Å². The van der Waals surface area contributed by atoms with Crippen LogP contribution in [-0.4, -0.2) is 38.1 Å². The van der Waals surface area contributed by atoms with Crippen molar-refractivity contribution >= 4 is 16.9 Å². The lowest BCUT2D eigenvalue weighted by atomic mass is 9.72. The Morgan fingerprint density at radius 1 is 1.36 bits per heavy atom. The Labute approximate surface area is 159 Å². The molecule has 0 radical (unpaired) electrons. The van der Waals surface area contributed by atoms with Gasteiger partial charge in [0.1, 0.15) is 11.2 Å². The molecule has 0 bridgehead atoms. The van der Waals surface area contributed by atoms with Gasteiger partial charge in [0, 0.05) is 24.7 Å². The lowest BCUT2D eigenvalue weighted by Gasteiger charge is -2.34. The van der Waals surface area contributed by atoms with Crippen molar-refractivity contribution in [3.05, 3.63) is 22.4 Å². The zero-order valence-electron chi connectivity index (χ0n) is 15.3. The molecule has 2 saturated carbocycles. The molecule has 9 heteroatoms. The number of nitrogens with one attached hydrogen (secondary N) is 2. The van der Waals surface area contributed by atoms with E-state index in [4.69, 9.17) is 6.42 Å². The summed E-state index contributed by atoms with van der Waals surface area (Å²) in [4.78, 5) is 32.1. The average molecular weight is 389 g/mol. The van der Waals surface area contributed by atoms with Crippen LogP contribution in [0.4, 0.5) is 8.78 Å². The highest BCUT2D eigenvalue weighted by Crippen LogP contribution is 2.42. The van der Waals surface area contributed by atoms with Gasteiger partial charge >= 0.3 is 0 Å². The van der Waals surface area contributed by atoms with Crippen LogP contribution in [-0.2, 0) is 4.79 Å². The number of H-pyrrole nitrogens is 1. The maximum Gasteiger partial charge on any atom is 0.262 e. The number of nitrogens with zero attached hydrogens (tertiary/aromatic N) is 3. The van der Waals surface area contributed by atoms with Crippen LogP contribution in [0, 0.1) is 18.3 Å².